The minimum absolute atomic E-state index is 0.708. The van der Waals surface area contributed by atoms with Crippen molar-refractivity contribution >= 4 is 8.07 Å². The number of hydrogen-bond acceptors (Lipinski definition) is 0. The first kappa shape index (κ1) is 12.2. The van der Waals surface area contributed by atoms with Gasteiger partial charge in [-0.15, -0.1) is 0 Å². The van der Waals surface area contributed by atoms with E-state index in [-0.39, 0.29) is 0 Å². The topological polar surface area (TPSA) is 0 Å². The quantitative estimate of drug-likeness (QED) is 0.600. The van der Waals surface area contributed by atoms with Crippen molar-refractivity contribution in [2.45, 2.75) is 52.1 Å². The Hall–Kier alpha value is -0.823. The Morgan fingerprint density at radius 2 is 1.94 bits per heavy atom. The molecule has 0 aromatic carbocycles. The van der Waals surface area contributed by atoms with Crippen LogP contribution in [0.1, 0.15) is 40.0 Å². The maximum absolute atomic E-state index is 2.54. The summed E-state index contributed by atoms with van der Waals surface area (Å²) < 4.78 is 0. The Kier molecular flexibility index (Phi) is 2.97. The van der Waals surface area contributed by atoms with Crippen LogP contribution in [0.25, 0.3) is 0 Å². The van der Waals surface area contributed by atoms with Gasteiger partial charge in [-0.3, -0.25) is 0 Å². The summed E-state index contributed by atoms with van der Waals surface area (Å²) in [6.45, 7) is 7.09. The molecule has 0 aromatic heterocycles. The summed E-state index contributed by atoms with van der Waals surface area (Å²) in [7, 11) is -1.10. The van der Waals surface area contributed by atoms with Gasteiger partial charge in [-0.1, -0.05) is 72.5 Å². The zero-order valence-corrected chi connectivity index (χ0v) is 12.9. The van der Waals surface area contributed by atoms with E-state index in [4.69, 9.17) is 0 Å². The molecule has 0 nitrogen and oxygen atoms in total. The van der Waals surface area contributed by atoms with Gasteiger partial charge in [0.1, 0.15) is 8.07 Å². The lowest BCUT2D eigenvalue weighted by atomic mass is 10.00. The molecule has 96 valence electrons. The van der Waals surface area contributed by atoms with E-state index < -0.39 is 8.07 Å². The average Bonchev–Trinajstić information content (AvgIpc) is 2.74. The molecule has 18 heavy (non-hydrogen) atoms. The zero-order chi connectivity index (χ0) is 12.8. The largest absolute Gasteiger partial charge is 0.114 e. The molecule has 0 N–H and O–H groups in total. The molecule has 0 aromatic rings. The summed E-state index contributed by atoms with van der Waals surface area (Å²) >= 11 is 0. The molecule has 1 heterocycles. The van der Waals surface area contributed by atoms with Crippen LogP contribution in [0, 0.1) is 5.92 Å². The SMILES string of the molecule is CCC[Si]1(CCC)C2=C1C(C1=CC=CC1)C=C2C. The average molecular weight is 256 g/mol. The number of rotatable bonds is 5. The predicted molar refractivity (Wildman–Crippen MR) is 82.1 cm³/mol. The Labute approximate surface area is 112 Å². The maximum atomic E-state index is 2.54. The number of allylic oxidation sites excluding steroid dienone is 8. The van der Waals surface area contributed by atoms with Crippen LogP contribution in [0.2, 0.25) is 12.1 Å². The molecule has 0 spiro atoms. The summed E-state index contributed by atoms with van der Waals surface area (Å²) in [6, 6.07) is 3.02. The highest BCUT2D eigenvalue weighted by molar-refractivity contribution is 7.04. The molecular weight excluding hydrogens is 232 g/mol. The highest BCUT2D eigenvalue weighted by atomic mass is 28.3. The molecule has 1 aliphatic heterocycles. The lowest BCUT2D eigenvalue weighted by Crippen LogP contribution is -2.27. The Balaban J connectivity index is 1.87. The molecule has 2 aliphatic carbocycles. The molecule has 0 saturated carbocycles. The maximum Gasteiger partial charge on any atom is 0.114 e. The van der Waals surface area contributed by atoms with Crippen LogP contribution in [0.4, 0.5) is 0 Å². The third-order valence-electron chi connectivity index (χ3n) is 4.88. The summed E-state index contributed by atoms with van der Waals surface area (Å²) in [5, 5.41) is 3.81. The van der Waals surface area contributed by atoms with E-state index in [1.165, 1.54) is 31.4 Å². The van der Waals surface area contributed by atoms with Crippen molar-refractivity contribution < 1.29 is 0 Å². The van der Waals surface area contributed by atoms with Crippen molar-refractivity contribution in [3.8, 4) is 0 Å². The molecule has 3 rings (SSSR count). The molecule has 1 atom stereocenters. The summed E-state index contributed by atoms with van der Waals surface area (Å²) in [4.78, 5) is 0. The number of hydrogen-bond donors (Lipinski definition) is 0. The van der Waals surface area contributed by atoms with Crippen LogP contribution in [0.15, 0.2) is 45.8 Å². The van der Waals surface area contributed by atoms with Gasteiger partial charge in [-0.25, -0.2) is 0 Å². The molecular formula is C17H24Si. The van der Waals surface area contributed by atoms with Crippen LogP contribution in [0.3, 0.4) is 0 Å². The molecule has 0 saturated heterocycles. The lowest BCUT2D eigenvalue weighted by Gasteiger charge is -2.24. The smallest absolute Gasteiger partial charge is 0.0804 e. The molecule has 0 fully saturated rings. The lowest BCUT2D eigenvalue weighted by molar-refractivity contribution is 0.910. The Morgan fingerprint density at radius 1 is 1.22 bits per heavy atom. The fourth-order valence-electron chi connectivity index (χ4n) is 4.33. The monoisotopic (exact) mass is 256 g/mol. The molecule has 0 radical (unpaired) electrons. The van der Waals surface area contributed by atoms with Crippen LogP contribution in [0.5, 0.6) is 0 Å². The van der Waals surface area contributed by atoms with E-state index in [0.29, 0.717) is 5.92 Å². The minimum atomic E-state index is -1.10. The van der Waals surface area contributed by atoms with Crippen LogP contribution in [-0.2, 0) is 0 Å². The van der Waals surface area contributed by atoms with Crippen molar-refractivity contribution in [1.29, 1.82) is 0 Å². The second kappa shape index (κ2) is 4.38. The summed E-state index contributed by atoms with van der Waals surface area (Å²) in [6.07, 6.45) is 13.4. The Bertz CT molecular complexity index is 482. The van der Waals surface area contributed by atoms with E-state index in [1.54, 1.807) is 11.1 Å². The first-order valence-electron chi connectivity index (χ1n) is 7.54. The first-order chi connectivity index (χ1) is 8.74. The van der Waals surface area contributed by atoms with Gasteiger partial charge in [0.2, 0.25) is 0 Å². The summed E-state index contributed by atoms with van der Waals surface area (Å²) in [5.74, 6) is 0.708. The second-order valence-corrected chi connectivity index (χ2v) is 10.3. The highest BCUT2D eigenvalue weighted by Gasteiger charge is 2.58. The minimum Gasteiger partial charge on any atom is -0.0804 e. The van der Waals surface area contributed by atoms with Gasteiger partial charge < -0.3 is 0 Å². The zero-order valence-electron chi connectivity index (χ0n) is 11.9. The normalized spacial score (nSPS) is 27.4. The predicted octanol–water partition coefficient (Wildman–Crippen LogP) is 5.11. The third-order valence-corrected chi connectivity index (χ3v) is 10.5. The standard InChI is InChI=1S/C17H24Si/c1-4-10-18(11-5-2)16-13(3)12-15(17(16)18)14-8-6-7-9-14/h6-8,12,15H,4-5,9-11H2,1-3H3. The van der Waals surface area contributed by atoms with E-state index in [0.717, 1.165) is 0 Å². The van der Waals surface area contributed by atoms with Crippen LogP contribution >= 0.6 is 0 Å². The molecule has 3 aliphatic rings. The first-order valence-corrected chi connectivity index (χ1v) is 9.95. The van der Waals surface area contributed by atoms with Gasteiger partial charge in [0.15, 0.2) is 0 Å². The highest BCUT2D eigenvalue weighted by Crippen LogP contribution is 2.61. The van der Waals surface area contributed by atoms with Crippen molar-refractivity contribution in [2.24, 2.45) is 5.92 Å². The van der Waals surface area contributed by atoms with Gasteiger partial charge in [-0.2, -0.15) is 0 Å². The van der Waals surface area contributed by atoms with Crippen molar-refractivity contribution in [3.05, 3.63) is 45.8 Å². The van der Waals surface area contributed by atoms with E-state index in [9.17, 15) is 0 Å². The Morgan fingerprint density at radius 3 is 2.50 bits per heavy atom. The molecule has 0 amide bonds. The van der Waals surface area contributed by atoms with Gasteiger partial charge in [0.25, 0.3) is 0 Å². The van der Waals surface area contributed by atoms with Crippen LogP contribution in [-0.4, -0.2) is 8.07 Å². The fraction of sp³-hybridized carbons (Fsp3) is 0.529. The fourth-order valence-corrected chi connectivity index (χ4v) is 10.7. The second-order valence-electron chi connectivity index (χ2n) is 6.07. The van der Waals surface area contributed by atoms with Crippen molar-refractivity contribution in [2.75, 3.05) is 0 Å². The van der Waals surface area contributed by atoms with Gasteiger partial charge in [0.05, 0.1) is 0 Å². The van der Waals surface area contributed by atoms with Crippen LogP contribution < -0.4 is 0 Å². The summed E-state index contributed by atoms with van der Waals surface area (Å²) in [5.41, 5.74) is 3.29. The third kappa shape index (κ3) is 1.56. The van der Waals surface area contributed by atoms with Gasteiger partial charge >= 0.3 is 0 Å². The molecule has 1 heteroatoms. The van der Waals surface area contributed by atoms with Gasteiger partial charge in [0, 0.05) is 5.92 Å². The van der Waals surface area contributed by atoms with E-state index in [1.807, 2.05) is 10.4 Å². The van der Waals surface area contributed by atoms with E-state index in [2.05, 4.69) is 45.1 Å². The van der Waals surface area contributed by atoms with Crippen molar-refractivity contribution in [3.63, 3.8) is 0 Å². The van der Waals surface area contributed by atoms with Gasteiger partial charge in [-0.05, 0) is 25.4 Å². The molecule has 0 bridgehead atoms. The van der Waals surface area contributed by atoms with E-state index >= 15 is 0 Å². The molecule has 1 unspecified atom stereocenters. The van der Waals surface area contributed by atoms with Crippen molar-refractivity contribution in [1.82, 2.24) is 0 Å².